The summed E-state index contributed by atoms with van der Waals surface area (Å²) in [6.45, 7) is 2.57. The average molecular weight is 375 g/mol. The lowest BCUT2D eigenvalue weighted by Crippen LogP contribution is -2.19. The summed E-state index contributed by atoms with van der Waals surface area (Å²) in [7, 11) is 1.64. The number of rotatable bonds is 5. The second-order valence-corrected chi connectivity index (χ2v) is 7.24. The van der Waals surface area contributed by atoms with Crippen LogP contribution >= 0.6 is 22.7 Å². The maximum absolute atomic E-state index is 12.3. The standard InChI is InChI=1S/C17H17N3O3S2/c1-11(21)18-12-5-6-13-15(10-12)25-17(20(13)7-8-23-2)19-16(22)14-4-3-9-24-14/h3-6,9-10H,7-8H2,1-2H3,(H,18,21). The molecule has 2 heterocycles. The number of carbonyl (C=O) groups is 2. The number of thiazole rings is 1. The minimum Gasteiger partial charge on any atom is -0.383 e. The van der Waals surface area contributed by atoms with E-state index in [-0.39, 0.29) is 11.8 Å². The number of fused-ring (bicyclic) bond motifs is 1. The summed E-state index contributed by atoms with van der Waals surface area (Å²) in [5.74, 6) is -0.379. The van der Waals surface area contributed by atoms with Crippen molar-refractivity contribution < 1.29 is 14.3 Å². The van der Waals surface area contributed by atoms with E-state index in [0.717, 1.165) is 15.9 Å². The average Bonchev–Trinajstić information content (AvgIpc) is 3.20. The van der Waals surface area contributed by atoms with Gasteiger partial charge in [0.15, 0.2) is 4.80 Å². The second-order valence-electron chi connectivity index (χ2n) is 5.29. The van der Waals surface area contributed by atoms with Gasteiger partial charge < -0.3 is 14.6 Å². The van der Waals surface area contributed by atoms with Gasteiger partial charge in [-0.3, -0.25) is 9.59 Å². The SMILES string of the molecule is COCCn1c(=NC(=O)c2cccs2)sc2cc(NC(C)=O)ccc21. The van der Waals surface area contributed by atoms with Crippen LogP contribution in [0.5, 0.6) is 0 Å². The number of anilines is 1. The first-order valence-electron chi connectivity index (χ1n) is 7.61. The molecule has 6 nitrogen and oxygen atoms in total. The predicted octanol–water partition coefficient (Wildman–Crippen LogP) is 3.11. The van der Waals surface area contributed by atoms with E-state index in [0.29, 0.717) is 22.8 Å². The topological polar surface area (TPSA) is 72.7 Å². The van der Waals surface area contributed by atoms with Crippen LogP contribution in [0.1, 0.15) is 16.6 Å². The minimum absolute atomic E-state index is 0.124. The Morgan fingerprint density at radius 3 is 2.84 bits per heavy atom. The third-order valence-electron chi connectivity index (χ3n) is 3.45. The Morgan fingerprint density at radius 1 is 1.32 bits per heavy atom. The van der Waals surface area contributed by atoms with Crippen molar-refractivity contribution in [2.24, 2.45) is 4.99 Å². The van der Waals surface area contributed by atoms with Gasteiger partial charge in [-0.05, 0) is 29.6 Å². The Balaban J connectivity index is 2.08. The van der Waals surface area contributed by atoms with Crippen LogP contribution < -0.4 is 10.1 Å². The zero-order valence-electron chi connectivity index (χ0n) is 13.8. The van der Waals surface area contributed by atoms with Crippen LogP contribution in [0.15, 0.2) is 40.7 Å². The van der Waals surface area contributed by atoms with Gasteiger partial charge in [0.25, 0.3) is 5.91 Å². The van der Waals surface area contributed by atoms with E-state index in [1.54, 1.807) is 13.2 Å². The molecule has 0 fully saturated rings. The number of hydrogen-bond donors (Lipinski definition) is 1. The fourth-order valence-corrected chi connectivity index (χ4v) is 4.08. The van der Waals surface area contributed by atoms with Crippen LogP contribution in [0.25, 0.3) is 10.2 Å². The zero-order chi connectivity index (χ0) is 17.8. The molecule has 0 unspecified atom stereocenters. The molecule has 2 aromatic heterocycles. The molecule has 0 saturated carbocycles. The monoisotopic (exact) mass is 375 g/mol. The van der Waals surface area contributed by atoms with E-state index in [2.05, 4.69) is 10.3 Å². The molecule has 0 aliphatic heterocycles. The van der Waals surface area contributed by atoms with Gasteiger partial charge in [0, 0.05) is 26.3 Å². The molecule has 1 N–H and O–H groups in total. The summed E-state index contributed by atoms with van der Waals surface area (Å²) in [6, 6.07) is 9.24. The Morgan fingerprint density at radius 2 is 2.16 bits per heavy atom. The molecule has 0 bridgehead atoms. The van der Waals surface area contributed by atoms with Crippen molar-refractivity contribution >= 4 is 50.4 Å². The largest absolute Gasteiger partial charge is 0.383 e. The Bertz CT molecular complexity index is 971. The lowest BCUT2D eigenvalue weighted by atomic mass is 10.3. The molecule has 0 radical (unpaired) electrons. The van der Waals surface area contributed by atoms with E-state index in [1.807, 2.05) is 34.2 Å². The lowest BCUT2D eigenvalue weighted by Gasteiger charge is -2.05. The lowest BCUT2D eigenvalue weighted by molar-refractivity contribution is -0.114. The van der Waals surface area contributed by atoms with Crippen LogP contribution in [-0.2, 0) is 16.1 Å². The number of amides is 2. The van der Waals surface area contributed by atoms with E-state index in [4.69, 9.17) is 4.74 Å². The second kappa shape index (κ2) is 7.73. The van der Waals surface area contributed by atoms with Gasteiger partial charge >= 0.3 is 0 Å². The van der Waals surface area contributed by atoms with Crippen LogP contribution in [0, 0.1) is 0 Å². The Hall–Kier alpha value is -2.29. The molecule has 130 valence electrons. The third kappa shape index (κ3) is 4.04. The van der Waals surface area contributed by atoms with E-state index in [9.17, 15) is 9.59 Å². The summed E-state index contributed by atoms with van der Waals surface area (Å²) in [5.41, 5.74) is 1.67. The highest BCUT2D eigenvalue weighted by Gasteiger charge is 2.11. The molecular formula is C17H17N3O3S2. The predicted molar refractivity (Wildman–Crippen MR) is 100 cm³/mol. The first kappa shape index (κ1) is 17.5. The van der Waals surface area contributed by atoms with Gasteiger partial charge in [0.05, 0.1) is 21.7 Å². The van der Waals surface area contributed by atoms with Crippen molar-refractivity contribution in [3.63, 3.8) is 0 Å². The Kier molecular flexibility index (Phi) is 5.42. The molecule has 25 heavy (non-hydrogen) atoms. The normalized spacial score (nSPS) is 11.8. The number of hydrogen-bond acceptors (Lipinski definition) is 5. The summed E-state index contributed by atoms with van der Waals surface area (Å²) < 4.78 is 8.08. The summed E-state index contributed by atoms with van der Waals surface area (Å²) in [4.78, 5) is 29.1. The number of nitrogens with zero attached hydrogens (tertiary/aromatic N) is 2. The third-order valence-corrected chi connectivity index (χ3v) is 5.35. The first-order valence-corrected chi connectivity index (χ1v) is 9.30. The Labute approximate surface area is 152 Å². The molecule has 3 rings (SSSR count). The molecule has 0 aliphatic rings. The highest BCUT2D eigenvalue weighted by Crippen LogP contribution is 2.22. The zero-order valence-corrected chi connectivity index (χ0v) is 15.4. The highest BCUT2D eigenvalue weighted by atomic mass is 32.1. The quantitative estimate of drug-likeness (QED) is 0.745. The van der Waals surface area contributed by atoms with Crippen molar-refractivity contribution in [3.05, 3.63) is 45.4 Å². The van der Waals surface area contributed by atoms with E-state index in [1.165, 1.54) is 29.6 Å². The minimum atomic E-state index is -0.255. The van der Waals surface area contributed by atoms with Gasteiger partial charge in [0.2, 0.25) is 5.91 Å². The van der Waals surface area contributed by atoms with Crippen molar-refractivity contribution in [1.29, 1.82) is 0 Å². The highest BCUT2D eigenvalue weighted by molar-refractivity contribution is 7.16. The maximum atomic E-state index is 12.3. The van der Waals surface area contributed by atoms with Crippen LogP contribution in [0.2, 0.25) is 0 Å². The number of benzene rings is 1. The van der Waals surface area contributed by atoms with Crippen molar-refractivity contribution in [2.45, 2.75) is 13.5 Å². The molecule has 0 saturated heterocycles. The van der Waals surface area contributed by atoms with Crippen molar-refractivity contribution in [1.82, 2.24) is 4.57 Å². The summed E-state index contributed by atoms with van der Waals surface area (Å²) in [6.07, 6.45) is 0. The van der Waals surface area contributed by atoms with Gasteiger partial charge in [-0.2, -0.15) is 4.99 Å². The number of nitrogens with one attached hydrogen (secondary N) is 1. The fraction of sp³-hybridized carbons (Fsp3) is 0.235. The number of aromatic nitrogens is 1. The number of carbonyl (C=O) groups excluding carboxylic acids is 2. The number of thiophene rings is 1. The molecule has 8 heteroatoms. The first-order chi connectivity index (χ1) is 12.1. The van der Waals surface area contributed by atoms with Crippen LogP contribution in [0.3, 0.4) is 0 Å². The van der Waals surface area contributed by atoms with Crippen LogP contribution in [0.4, 0.5) is 5.69 Å². The van der Waals surface area contributed by atoms with Crippen molar-refractivity contribution in [2.75, 3.05) is 19.0 Å². The molecule has 2 amide bonds. The van der Waals surface area contributed by atoms with E-state index < -0.39 is 0 Å². The van der Waals surface area contributed by atoms with Crippen LogP contribution in [-0.4, -0.2) is 30.1 Å². The van der Waals surface area contributed by atoms with Gasteiger partial charge in [-0.15, -0.1) is 11.3 Å². The number of methoxy groups -OCH3 is 1. The maximum Gasteiger partial charge on any atom is 0.289 e. The molecule has 0 aliphatic carbocycles. The van der Waals surface area contributed by atoms with Gasteiger partial charge in [0.1, 0.15) is 0 Å². The number of ether oxygens (including phenoxy) is 1. The van der Waals surface area contributed by atoms with E-state index >= 15 is 0 Å². The smallest absolute Gasteiger partial charge is 0.289 e. The van der Waals surface area contributed by atoms with Crippen molar-refractivity contribution in [3.8, 4) is 0 Å². The van der Waals surface area contributed by atoms with Gasteiger partial charge in [-0.1, -0.05) is 17.4 Å². The summed E-state index contributed by atoms with van der Waals surface area (Å²) in [5, 5.41) is 4.62. The molecule has 3 aromatic rings. The molecule has 1 aromatic carbocycles. The molecule has 0 spiro atoms. The summed E-state index contributed by atoms with van der Waals surface area (Å²) >= 11 is 2.78. The molecule has 0 atom stereocenters. The molecular weight excluding hydrogens is 358 g/mol. The fourth-order valence-electron chi connectivity index (χ4n) is 2.38. The van der Waals surface area contributed by atoms with Gasteiger partial charge in [-0.25, -0.2) is 0 Å².